The average molecular weight is 432 g/mol. The van der Waals surface area contributed by atoms with Crippen LogP contribution in [0.4, 0.5) is 23.0 Å². The lowest BCUT2D eigenvalue weighted by molar-refractivity contribution is -0.115. The van der Waals surface area contributed by atoms with Crippen LogP contribution in [-0.2, 0) is 11.2 Å². The van der Waals surface area contributed by atoms with Gasteiger partial charge < -0.3 is 20.3 Å². The molecule has 0 unspecified atom stereocenters. The number of methoxy groups -OCH3 is 1. The van der Waals surface area contributed by atoms with E-state index in [2.05, 4.69) is 25.5 Å². The third-order valence-corrected chi connectivity index (χ3v) is 5.47. The Morgan fingerprint density at radius 2 is 1.66 bits per heavy atom. The predicted octanol–water partition coefficient (Wildman–Crippen LogP) is 4.71. The highest BCUT2D eigenvalue weighted by atomic mass is 16.5. The normalized spacial score (nSPS) is 13.5. The summed E-state index contributed by atoms with van der Waals surface area (Å²) in [6.45, 7) is 4.00. The number of carbonyl (C=O) groups excluding carboxylic acids is 1. The van der Waals surface area contributed by atoms with E-state index in [1.165, 1.54) is 19.3 Å². The molecule has 1 aliphatic heterocycles. The van der Waals surface area contributed by atoms with Crippen LogP contribution in [0.25, 0.3) is 0 Å². The van der Waals surface area contributed by atoms with Crippen molar-refractivity contribution in [3.05, 3.63) is 66.0 Å². The van der Waals surface area contributed by atoms with Gasteiger partial charge in [0.25, 0.3) is 0 Å². The number of carbonyl (C=O) groups is 1. The number of aromatic nitrogens is 2. The second-order valence-electron chi connectivity index (χ2n) is 7.98. The van der Waals surface area contributed by atoms with E-state index in [1.54, 1.807) is 7.11 Å². The fourth-order valence-corrected chi connectivity index (χ4v) is 3.82. The van der Waals surface area contributed by atoms with E-state index >= 15 is 0 Å². The van der Waals surface area contributed by atoms with Crippen molar-refractivity contribution < 1.29 is 9.53 Å². The lowest BCUT2D eigenvalue weighted by atomic mass is 10.1. The molecular formula is C25H29N5O2. The maximum Gasteiger partial charge on any atom is 0.228 e. The maximum absolute atomic E-state index is 12.4. The highest BCUT2D eigenvalue weighted by Gasteiger charge is 2.14. The van der Waals surface area contributed by atoms with Gasteiger partial charge in [0, 0.05) is 30.5 Å². The Labute approximate surface area is 188 Å². The van der Waals surface area contributed by atoms with Crippen molar-refractivity contribution in [2.24, 2.45) is 0 Å². The first-order chi connectivity index (χ1) is 15.6. The zero-order chi connectivity index (χ0) is 22.3. The number of rotatable bonds is 7. The van der Waals surface area contributed by atoms with Crippen LogP contribution < -0.4 is 20.3 Å². The van der Waals surface area contributed by atoms with Crippen molar-refractivity contribution >= 4 is 28.9 Å². The van der Waals surface area contributed by atoms with Crippen LogP contribution in [0.5, 0.6) is 5.75 Å². The van der Waals surface area contributed by atoms with Gasteiger partial charge in [0.15, 0.2) is 0 Å². The van der Waals surface area contributed by atoms with E-state index < -0.39 is 0 Å². The van der Waals surface area contributed by atoms with Gasteiger partial charge in [-0.3, -0.25) is 4.79 Å². The minimum atomic E-state index is -0.0616. The first-order valence-corrected chi connectivity index (χ1v) is 11.0. The molecule has 1 fully saturated rings. The molecule has 7 heteroatoms. The Balaban J connectivity index is 1.36. The van der Waals surface area contributed by atoms with Crippen molar-refractivity contribution in [1.29, 1.82) is 0 Å². The summed E-state index contributed by atoms with van der Waals surface area (Å²) >= 11 is 0. The van der Waals surface area contributed by atoms with Gasteiger partial charge in [-0.2, -0.15) is 0 Å². The van der Waals surface area contributed by atoms with Gasteiger partial charge in [0.2, 0.25) is 5.91 Å². The van der Waals surface area contributed by atoms with Crippen molar-refractivity contribution in [3.8, 4) is 5.75 Å². The number of nitrogens with one attached hydrogen (secondary N) is 2. The summed E-state index contributed by atoms with van der Waals surface area (Å²) in [5, 5.41) is 6.29. The Morgan fingerprint density at radius 3 is 2.34 bits per heavy atom. The van der Waals surface area contributed by atoms with E-state index in [0.29, 0.717) is 6.42 Å². The summed E-state index contributed by atoms with van der Waals surface area (Å²) in [5.41, 5.74) is 2.59. The van der Waals surface area contributed by atoms with Crippen LogP contribution in [0.2, 0.25) is 0 Å². The number of benzene rings is 2. The Morgan fingerprint density at radius 1 is 0.969 bits per heavy atom. The number of piperidine rings is 1. The molecule has 1 saturated heterocycles. The van der Waals surface area contributed by atoms with Crippen LogP contribution in [0.15, 0.2) is 54.6 Å². The SMILES string of the molecule is COc1ccc(CC(=O)Nc2ccc(Nc3cc(N4CCCCC4)nc(C)n3)cc2)cc1. The van der Waals surface area contributed by atoms with Gasteiger partial charge in [0.1, 0.15) is 23.2 Å². The number of nitrogens with zero attached hydrogens (tertiary/aromatic N) is 3. The van der Waals surface area contributed by atoms with Crippen LogP contribution in [0.1, 0.15) is 30.7 Å². The zero-order valence-corrected chi connectivity index (χ0v) is 18.6. The quantitative estimate of drug-likeness (QED) is 0.564. The molecule has 0 saturated carbocycles. The highest BCUT2D eigenvalue weighted by Crippen LogP contribution is 2.23. The molecule has 3 aromatic rings. The summed E-state index contributed by atoms with van der Waals surface area (Å²) in [4.78, 5) is 23.8. The summed E-state index contributed by atoms with van der Waals surface area (Å²) in [7, 11) is 1.62. The van der Waals surface area contributed by atoms with E-state index in [-0.39, 0.29) is 5.91 Å². The first-order valence-electron chi connectivity index (χ1n) is 11.0. The Hall–Kier alpha value is -3.61. The van der Waals surface area contributed by atoms with Gasteiger partial charge in [-0.1, -0.05) is 12.1 Å². The standard InChI is InChI=1S/C25H29N5O2/c1-18-26-23(17-24(27-18)30-14-4-3-5-15-30)28-20-8-10-21(11-9-20)29-25(31)16-19-6-12-22(32-2)13-7-19/h6-13,17H,3-5,14-16H2,1-2H3,(H,29,31)(H,26,27,28). The second-order valence-corrected chi connectivity index (χ2v) is 7.98. The average Bonchev–Trinajstić information content (AvgIpc) is 2.81. The van der Waals surface area contributed by atoms with Gasteiger partial charge in [0.05, 0.1) is 13.5 Å². The maximum atomic E-state index is 12.4. The Bertz CT molecular complexity index is 1040. The molecule has 1 aliphatic rings. The van der Waals surface area contributed by atoms with E-state index in [9.17, 15) is 4.79 Å². The van der Waals surface area contributed by atoms with Crippen molar-refractivity contribution in [1.82, 2.24) is 9.97 Å². The number of amides is 1. The third-order valence-electron chi connectivity index (χ3n) is 5.47. The summed E-state index contributed by atoms with van der Waals surface area (Å²) in [6, 6.07) is 17.1. The molecule has 166 valence electrons. The molecule has 1 aromatic heterocycles. The zero-order valence-electron chi connectivity index (χ0n) is 18.6. The van der Waals surface area contributed by atoms with Crippen LogP contribution in [0, 0.1) is 6.92 Å². The summed E-state index contributed by atoms with van der Waals surface area (Å²) in [5.74, 6) is 3.21. The molecule has 2 heterocycles. The molecule has 0 aliphatic carbocycles. The largest absolute Gasteiger partial charge is 0.497 e. The molecular weight excluding hydrogens is 402 g/mol. The lowest BCUT2D eigenvalue weighted by Crippen LogP contribution is -2.30. The van der Waals surface area contributed by atoms with Crippen LogP contribution >= 0.6 is 0 Å². The third kappa shape index (κ3) is 5.75. The highest BCUT2D eigenvalue weighted by molar-refractivity contribution is 5.92. The van der Waals surface area contributed by atoms with Gasteiger partial charge in [-0.05, 0) is 68.1 Å². The summed E-state index contributed by atoms with van der Waals surface area (Å²) < 4.78 is 5.15. The molecule has 1 amide bonds. The monoisotopic (exact) mass is 431 g/mol. The van der Waals surface area contributed by atoms with Gasteiger partial charge in [-0.15, -0.1) is 0 Å². The fraction of sp³-hybridized carbons (Fsp3) is 0.320. The molecule has 0 spiro atoms. The molecule has 32 heavy (non-hydrogen) atoms. The summed E-state index contributed by atoms with van der Waals surface area (Å²) in [6.07, 6.45) is 4.01. The smallest absolute Gasteiger partial charge is 0.228 e. The minimum absolute atomic E-state index is 0.0616. The lowest BCUT2D eigenvalue weighted by Gasteiger charge is -2.28. The molecule has 0 radical (unpaired) electrons. The van der Waals surface area contributed by atoms with Crippen LogP contribution in [0.3, 0.4) is 0 Å². The van der Waals surface area contributed by atoms with Crippen molar-refractivity contribution in [2.75, 3.05) is 35.7 Å². The van der Waals surface area contributed by atoms with E-state index in [0.717, 1.165) is 53.2 Å². The topological polar surface area (TPSA) is 79.4 Å². The number of hydrogen-bond donors (Lipinski definition) is 2. The molecule has 7 nitrogen and oxygen atoms in total. The number of hydrogen-bond acceptors (Lipinski definition) is 6. The fourth-order valence-electron chi connectivity index (χ4n) is 3.82. The van der Waals surface area contributed by atoms with Crippen molar-refractivity contribution in [2.45, 2.75) is 32.6 Å². The number of ether oxygens (including phenoxy) is 1. The van der Waals surface area contributed by atoms with E-state index in [1.807, 2.05) is 61.5 Å². The molecule has 0 atom stereocenters. The molecule has 2 aromatic carbocycles. The van der Waals surface area contributed by atoms with Crippen LogP contribution in [-0.4, -0.2) is 36.1 Å². The Kier molecular flexibility index (Phi) is 6.84. The molecule has 2 N–H and O–H groups in total. The molecule has 4 rings (SSSR count). The molecule has 0 bridgehead atoms. The number of aryl methyl sites for hydroxylation is 1. The predicted molar refractivity (Wildman–Crippen MR) is 128 cm³/mol. The van der Waals surface area contributed by atoms with Crippen molar-refractivity contribution in [3.63, 3.8) is 0 Å². The second kappa shape index (κ2) is 10.1. The van der Waals surface area contributed by atoms with Gasteiger partial charge in [-0.25, -0.2) is 9.97 Å². The minimum Gasteiger partial charge on any atom is -0.497 e. The first kappa shape index (κ1) is 21.6. The van der Waals surface area contributed by atoms with Gasteiger partial charge >= 0.3 is 0 Å². The van der Waals surface area contributed by atoms with E-state index in [4.69, 9.17) is 4.74 Å². The number of anilines is 4.